The second kappa shape index (κ2) is 8.42. The Morgan fingerprint density at radius 3 is 2.68 bits per heavy atom. The van der Waals surface area contributed by atoms with Crippen molar-refractivity contribution >= 4 is 5.95 Å². The van der Waals surface area contributed by atoms with Crippen molar-refractivity contribution in [3.8, 4) is 11.3 Å². The minimum Gasteiger partial charge on any atom is -0.356 e. The number of piperidine rings is 1. The SMILES string of the molecule is Cc1cc(-c2cnc(N3CCCC3)nc2C2CCCN(Cc3cn(C)nc3C)C2)on1. The van der Waals surface area contributed by atoms with Crippen LogP contribution < -0.4 is 4.90 Å². The van der Waals surface area contributed by atoms with Crippen LogP contribution in [-0.4, -0.2) is 56.0 Å². The maximum absolute atomic E-state index is 5.62. The van der Waals surface area contributed by atoms with Gasteiger partial charge in [0.25, 0.3) is 0 Å². The van der Waals surface area contributed by atoms with Gasteiger partial charge in [-0.15, -0.1) is 0 Å². The van der Waals surface area contributed by atoms with Crippen molar-refractivity contribution in [2.24, 2.45) is 7.05 Å². The molecule has 3 aromatic rings. The number of anilines is 1. The molecule has 0 saturated carbocycles. The van der Waals surface area contributed by atoms with E-state index in [2.05, 4.69) is 33.2 Å². The predicted molar refractivity (Wildman–Crippen MR) is 119 cm³/mol. The van der Waals surface area contributed by atoms with Gasteiger partial charge in [0.15, 0.2) is 5.76 Å². The summed E-state index contributed by atoms with van der Waals surface area (Å²) in [6.45, 7) is 9.13. The summed E-state index contributed by atoms with van der Waals surface area (Å²) in [5, 5.41) is 8.61. The van der Waals surface area contributed by atoms with E-state index in [0.29, 0.717) is 5.92 Å². The van der Waals surface area contributed by atoms with Crippen LogP contribution in [0.4, 0.5) is 5.95 Å². The van der Waals surface area contributed by atoms with Gasteiger partial charge >= 0.3 is 0 Å². The smallest absolute Gasteiger partial charge is 0.225 e. The average Bonchev–Trinajstić information content (AvgIpc) is 3.50. The summed E-state index contributed by atoms with van der Waals surface area (Å²) in [6, 6.07) is 1.98. The molecule has 1 unspecified atom stereocenters. The van der Waals surface area contributed by atoms with Crippen LogP contribution in [0.15, 0.2) is 23.0 Å². The van der Waals surface area contributed by atoms with Crippen molar-refractivity contribution in [3.05, 3.63) is 41.1 Å². The number of likely N-dealkylation sites (tertiary alicyclic amines) is 1. The zero-order valence-corrected chi connectivity index (χ0v) is 18.7. The number of nitrogens with zero attached hydrogens (tertiary/aromatic N) is 7. The lowest BCUT2D eigenvalue weighted by Crippen LogP contribution is -2.34. The van der Waals surface area contributed by atoms with Crippen LogP contribution in [0.25, 0.3) is 11.3 Å². The van der Waals surface area contributed by atoms with Crippen molar-refractivity contribution in [1.82, 2.24) is 29.8 Å². The second-order valence-corrected chi connectivity index (χ2v) is 8.98. The molecule has 8 nitrogen and oxygen atoms in total. The first-order chi connectivity index (χ1) is 15.1. The third-order valence-electron chi connectivity index (χ3n) is 6.49. The largest absolute Gasteiger partial charge is 0.356 e. The highest BCUT2D eigenvalue weighted by atomic mass is 16.5. The van der Waals surface area contributed by atoms with Crippen LogP contribution in [0.3, 0.4) is 0 Å². The van der Waals surface area contributed by atoms with E-state index in [4.69, 9.17) is 14.5 Å². The van der Waals surface area contributed by atoms with Gasteiger partial charge in [-0.05, 0) is 46.1 Å². The van der Waals surface area contributed by atoms with Crippen LogP contribution in [0.5, 0.6) is 0 Å². The van der Waals surface area contributed by atoms with Crippen LogP contribution in [0, 0.1) is 13.8 Å². The first-order valence-corrected chi connectivity index (χ1v) is 11.3. The molecule has 0 aliphatic carbocycles. The number of rotatable bonds is 5. The van der Waals surface area contributed by atoms with Gasteiger partial charge in [0.1, 0.15) is 0 Å². The molecule has 2 aliphatic rings. The van der Waals surface area contributed by atoms with Crippen LogP contribution in [-0.2, 0) is 13.6 Å². The molecule has 0 amide bonds. The fourth-order valence-corrected chi connectivity index (χ4v) is 4.91. The van der Waals surface area contributed by atoms with Crippen molar-refractivity contribution in [2.45, 2.75) is 52.0 Å². The molecule has 0 radical (unpaired) electrons. The molecule has 0 spiro atoms. The summed E-state index contributed by atoms with van der Waals surface area (Å²) in [7, 11) is 1.99. The molecule has 0 N–H and O–H groups in total. The van der Waals surface area contributed by atoms with Crippen molar-refractivity contribution < 1.29 is 4.52 Å². The van der Waals surface area contributed by atoms with E-state index in [1.54, 1.807) is 0 Å². The molecule has 1 atom stereocenters. The molecule has 5 rings (SSSR count). The molecule has 2 saturated heterocycles. The average molecular weight is 422 g/mol. The summed E-state index contributed by atoms with van der Waals surface area (Å²) in [5.74, 6) is 1.96. The molecule has 5 heterocycles. The van der Waals surface area contributed by atoms with Gasteiger partial charge in [0, 0.05) is 63.2 Å². The van der Waals surface area contributed by atoms with Gasteiger partial charge in [0.2, 0.25) is 5.95 Å². The monoisotopic (exact) mass is 421 g/mol. The molecule has 0 bridgehead atoms. The molecule has 8 heteroatoms. The fourth-order valence-electron chi connectivity index (χ4n) is 4.91. The van der Waals surface area contributed by atoms with E-state index in [1.807, 2.05) is 30.9 Å². The van der Waals surface area contributed by atoms with Crippen molar-refractivity contribution in [2.75, 3.05) is 31.1 Å². The lowest BCUT2D eigenvalue weighted by molar-refractivity contribution is 0.198. The first kappa shape index (κ1) is 20.2. The van der Waals surface area contributed by atoms with Crippen LogP contribution in [0.2, 0.25) is 0 Å². The Labute approximate surface area is 183 Å². The highest BCUT2D eigenvalue weighted by molar-refractivity contribution is 5.61. The van der Waals surface area contributed by atoms with Crippen molar-refractivity contribution in [1.29, 1.82) is 0 Å². The minimum absolute atomic E-state index is 0.343. The Kier molecular flexibility index (Phi) is 5.48. The van der Waals surface area contributed by atoms with Gasteiger partial charge in [-0.3, -0.25) is 9.58 Å². The Hall–Kier alpha value is -2.74. The fraction of sp³-hybridized carbons (Fsp3) is 0.565. The molecule has 0 aromatic carbocycles. The molecular formula is C23H31N7O. The highest BCUT2D eigenvalue weighted by Gasteiger charge is 2.28. The number of aromatic nitrogens is 5. The number of hydrogen-bond donors (Lipinski definition) is 0. The lowest BCUT2D eigenvalue weighted by atomic mass is 9.91. The Morgan fingerprint density at radius 1 is 1.13 bits per heavy atom. The molecule has 31 heavy (non-hydrogen) atoms. The predicted octanol–water partition coefficient (Wildman–Crippen LogP) is 3.46. The zero-order valence-electron chi connectivity index (χ0n) is 18.7. The molecule has 2 aliphatic heterocycles. The van der Waals surface area contributed by atoms with E-state index >= 15 is 0 Å². The summed E-state index contributed by atoms with van der Waals surface area (Å²) in [5.41, 5.74) is 5.37. The van der Waals surface area contributed by atoms with Crippen molar-refractivity contribution in [3.63, 3.8) is 0 Å². The molecule has 3 aromatic heterocycles. The van der Waals surface area contributed by atoms with Crippen LogP contribution >= 0.6 is 0 Å². The quantitative estimate of drug-likeness (QED) is 0.624. The third kappa shape index (κ3) is 4.21. The Balaban J connectivity index is 1.44. The van der Waals surface area contributed by atoms with Gasteiger partial charge in [-0.1, -0.05) is 5.16 Å². The van der Waals surface area contributed by atoms with E-state index < -0.39 is 0 Å². The lowest BCUT2D eigenvalue weighted by Gasteiger charge is -2.33. The van der Waals surface area contributed by atoms with Gasteiger partial charge in [-0.25, -0.2) is 9.97 Å². The Bertz CT molecular complexity index is 1050. The van der Waals surface area contributed by atoms with Gasteiger partial charge in [-0.2, -0.15) is 5.10 Å². The maximum Gasteiger partial charge on any atom is 0.225 e. The van der Waals surface area contributed by atoms with E-state index in [-0.39, 0.29) is 0 Å². The van der Waals surface area contributed by atoms with Crippen LogP contribution in [0.1, 0.15) is 54.2 Å². The maximum atomic E-state index is 5.62. The molecule has 164 valence electrons. The zero-order chi connectivity index (χ0) is 21.4. The van der Waals surface area contributed by atoms with E-state index in [1.165, 1.54) is 18.4 Å². The van der Waals surface area contributed by atoms with E-state index in [9.17, 15) is 0 Å². The van der Waals surface area contributed by atoms with Gasteiger partial charge in [0.05, 0.1) is 22.6 Å². The Morgan fingerprint density at radius 2 is 1.97 bits per heavy atom. The summed E-state index contributed by atoms with van der Waals surface area (Å²) >= 11 is 0. The third-order valence-corrected chi connectivity index (χ3v) is 6.49. The number of hydrogen-bond acceptors (Lipinski definition) is 7. The first-order valence-electron chi connectivity index (χ1n) is 11.3. The summed E-state index contributed by atoms with van der Waals surface area (Å²) in [6.07, 6.45) is 8.78. The topological polar surface area (TPSA) is 76.1 Å². The normalized spacial score (nSPS) is 20.0. The second-order valence-electron chi connectivity index (χ2n) is 8.98. The summed E-state index contributed by atoms with van der Waals surface area (Å²) in [4.78, 5) is 14.7. The summed E-state index contributed by atoms with van der Waals surface area (Å²) < 4.78 is 7.53. The van der Waals surface area contributed by atoms with Gasteiger partial charge < -0.3 is 9.42 Å². The minimum atomic E-state index is 0.343. The number of aryl methyl sites for hydroxylation is 3. The standard InChI is InChI=1S/C23H31N7O/c1-16-11-21(31-27-16)20-12-24-23(30-9-4-5-10-30)25-22(20)18-7-6-8-29(14-18)15-19-13-28(3)26-17(19)2/h11-13,18H,4-10,14-15H2,1-3H3. The highest BCUT2D eigenvalue weighted by Crippen LogP contribution is 2.35. The molecular weight excluding hydrogens is 390 g/mol. The van der Waals surface area contributed by atoms with E-state index in [0.717, 1.165) is 79.9 Å². The molecule has 2 fully saturated rings.